The molecule has 0 aromatic carbocycles. The first-order valence-electron chi connectivity index (χ1n) is 5.19. The summed E-state index contributed by atoms with van der Waals surface area (Å²) < 4.78 is 0. The van der Waals surface area contributed by atoms with Crippen molar-refractivity contribution >= 4 is 17.5 Å². The highest BCUT2D eigenvalue weighted by molar-refractivity contribution is 6.19. The summed E-state index contributed by atoms with van der Waals surface area (Å²) in [6.07, 6.45) is 2.20. The van der Waals surface area contributed by atoms with E-state index in [1.54, 1.807) is 0 Å². The first-order valence-corrected chi connectivity index (χ1v) is 5.73. The number of hydrogen-bond donors (Lipinski definition) is 0. The van der Waals surface area contributed by atoms with Crippen molar-refractivity contribution in [3.8, 4) is 0 Å². The second-order valence-electron chi connectivity index (χ2n) is 5.39. The van der Waals surface area contributed by atoms with Gasteiger partial charge in [0.15, 0.2) is 0 Å². The van der Waals surface area contributed by atoms with Crippen molar-refractivity contribution in [3.63, 3.8) is 0 Å². The van der Waals surface area contributed by atoms with Crippen LogP contribution in [0, 0.1) is 5.41 Å². The Bertz CT molecular complexity index is 235. The zero-order chi connectivity index (χ0) is 11.0. The van der Waals surface area contributed by atoms with Gasteiger partial charge in [0, 0.05) is 18.0 Å². The lowest BCUT2D eigenvalue weighted by molar-refractivity contribution is -0.142. The van der Waals surface area contributed by atoms with E-state index in [9.17, 15) is 4.79 Å². The standard InChI is InChI=1S/C11H20ClNO/c1-10(2,8-12)9(14)13-7-5-6-11(13,3)4/h5-8H2,1-4H3. The fourth-order valence-corrected chi connectivity index (χ4v) is 2.02. The molecule has 0 N–H and O–H groups in total. The SMILES string of the molecule is CC(C)(CCl)C(=O)N1CCCC1(C)C. The van der Waals surface area contributed by atoms with Crippen molar-refractivity contribution in [1.29, 1.82) is 0 Å². The third kappa shape index (κ3) is 2.05. The monoisotopic (exact) mass is 217 g/mol. The van der Waals surface area contributed by atoms with Crippen LogP contribution in [0.3, 0.4) is 0 Å². The molecule has 14 heavy (non-hydrogen) atoms. The van der Waals surface area contributed by atoms with Crippen molar-refractivity contribution in [3.05, 3.63) is 0 Å². The van der Waals surface area contributed by atoms with E-state index < -0.39 is 5.41 Å². The van der Waals surface area contributed by atoms with Crippen molar-refractivity contribution in [1.82, 2.24) is 4.90 Å². The van der Waals surface area contributed by atoms with Gasteiger partial charge in [0.1, 0.15) is 0 Å². The number of likely N-dealkylation sites (tertiary alicyclic amines) is 1. The Morgan fingerprint density at radius 1 is 1.50 bits per heavy atom. The first kappa shape index (κ1) is 11.8. The van der Waals surface area contributed by atoms with E-state index in [0.29, 0.717) is 5.88 Å². The topological polar surface area (TPSA) is 20.3 Å². The van der Waals surface area contributed by atoms with Gasteiger partial charge in [0.25, 0.3) is 0 Å². The number of halogens is 1. The maximum Gasteiger partial charge on any atom is 0.229 e. The van der Waals surface area contributed by atoms with Gasteiger partial charge in [-0.3, -0.25) is 4.79 Å². The quantitative estimate of drug-likeness (QED) is 0.652. The van der Waals surface area contributed by atoms with Crippen LogP contribution in [0.25, 0.3) is 0 Å². The molecule has 0 unspecified atom stereocenters. The minimum atomic E-state index is -0.427. The molecule has 82 valence electrons. The Labute approximate surface area is 91.6 Å². The molecule has 2 nitrogen and oxygen atoms in total. The molecular formula is C11H20ClNO. The summed E-state index contributed by atoms with van der Waals surface area (Å²) in [6, 6.07) is 0. The molecule has 1 heterocycles. The summed E-state index contributed by atoms with van der Waals surface area (Å²) in [4.78, 5) is 14.1. The van der Waals surface area contributed by atoms with Crippen LogP contribution in [0.1, 0.15) is 40.5 Å². The second-order valence-corrected chi connectivity index (χ2v) is 5.66. The highest BCUT2D eigenvalue weighted by atomic mass is 35.5. The van der Waals surface area contributed by atoms with Crippen LogP contribution in [0.2, 0.25) is 0 Å². The molecule has 0 aliphatic carbocycles. The van der Waals surface area contributed by atoms with E-state index >= 15 is 0 Å². The Hall–Kier alpha value is -0.240. The molecule has 1 amide bonds. The molecule has 3 heteroatoms. The average molecular weight is 218 g/mol. The van der Waals surface area contributed by atoms with Gasteiger partial charge in [0.2, 0.25) is 5.91 Å². The summed E-state index contributed by atoms with van der Waals surface area (Å²) in [5.74, 6) is 0.577. The maximum atomic E-state index is 12.2. The summed E-state index contributed by atoms with van der Waals surface area (Å²) in [5.41, 5.74) is -0.413. The highest BCUT2D eigenvalue weighted by Crippen LogP contribution is 2.33. The van der Waals surface area contributed by atoms with Gasteiger partial charge < -0.3 is 4.90 Å². The van der Waals surface area contributed by atoms with E-state index in [1.807, 2.05) is 18.7 Å². The van der Waals surface area contributed by atoms with Crippen LogP contribution >= 0.6 is 11.6 Å². The molecule has 0 bridgehead atoms. The number of hydrogen-bond acceptors (Lipinski definition) is 1. The highest BCUT2D eigenvalue weighted by Gasteiger charge is 2.41. The summed E-state index contributed by atoms with van der Waals surface area (Å²) in [5, 5.41) is 0. The van der Waals surface area contributed by atoms with Gasteiger partial charge >= 0.3 is 0 Å². The van der Waals surface area contributed by atoms with Crippen molar-refractivity contribution in [2.75, 3.05) is 12.4 Å². The van der Waals surface area contributed by atoms with Crippen molar-refractivity contribution < 1.29 is 4.79 Å². The number of carbonyl (C=O) groups excluding carboxylic acids is 1. The number of rotatable bonds is 2. The third-order valence-electron chi connectivity index (χ3n) is 3.06. The van der Waals surface area contributed by atoms with Crippen LogP contribution in [0.4, 0.5) is 0 Å². The lowest BCUT2D eigenvalue weighted by Crippen LogP contribution is -2.49. The number of carbonyl (C=O) groups is 1. The minimum absolute atomic E-state index is 0.0143. The zero-order valence-corrected chi connectivity index (χ0v) is 10.3. The van der Waals surface area contributed by atoms with E-state index in [1.165, 1.54) is 0 Å². The average Bonchev–Trinajstić information content (AvgIpc) is 2.44. The first-order chi connectivity index (χ1) is 6.31. The fraction of sp³-hybridized carbons (Fsp3) is 0.909. The van der Waals surface area contributed by atoms with Crippen molar-refractivity contribution in [2.45, 2.75) is 46.1 Å². The Morgan fingerprint density at radius 3 is 2.43 bits per heavy atom. The van der Waals surface area contributed by atoms with Gasteiger partial charge in [-0.2, -0.15) is 0 Å². The maximum absolute atomic E-state index is 12.2. The van der Waals surface area contributed by atoms with Crippen molar-refractivity contribution in [2.24, 2.45) is 5.41 Å². The van der Waals surface area contributed by atoms with Gasteiger partial charge in [-0.05, 0) is 40.5 Å². The Kier molecular flexibility index (Phi) is 3.15. The predicted octanol–water partition coefficient (Wildman–Crippen LogP) is 2.65. The third-order valence-corrected chi connectivity index (χ3v) is 3.73. The summed E-state index contributed by atoms with van der Waals surface area (Å²) in [6.45, 7) is 8.96. The summed E-state index contributed by atoms with van der Waals surface area (Å²) >= 11 is 5.81. The van der Waals surface area contributed by atoms with E-state index in [4.69, 9.17) is 11.6 Å². The fourth-order valence-electron chi connectivity index (χ4n) is 1.91. The lowest BCUT2D eigenvalue weighted by atomic mass is 9.92. The molecule has 1 rings (SSSR count). The summed E-state index contributed by atoms with van der Waals surface area (Å²) in [7, 11) is 0. The molecule has 0 radical (unpaired) electrons. The number of nitrogens with zero attached hydrogens (tertiary/aromatic N) is 1. The molecule has 0 spiro atoms. The molecule has 1 saturated heterocycles. The molecule has 0 aromatic rings. The van der Waals surface area contributed by atoms with E-state index in [-0.39, 0.29) is 11.4 Å². The minimum Gasteiger partial charge on any atom is -0.337 e. The van der Waals surface area contributed by atoms with Gasteiger partial charge in [0.05, 0.1) is 5.41 Å². The molecular weight excluding hydrogens is 198 g/mol. The largest absolute Gasteiger partial charge is 0.337 e. The van der Waals surface area contributed by atoms with Crippen LogP contribution in [0.15, 0.2) is 0 Å². The molecule has 0 saturated carbocycles. The number of alkyl halides is 1. The molecule has 0 aromatic heterocycles. The Balaban J connectivity index is 2.80. The van der Waals surface area contributed by atoms with Gasteiger partial charge in [-0.25, -0.2) is 0 Å². The van der Waals surface area contributed by atoms with Gasteiger partial charge in [-0.15, -0.1) is 11.6 Å². The van der Waals surface area contributed by atoms with E-state index in [2.05, 4.69) is 13.8 Å². The van der Waals surface area contributed by atoms with Crippen LogP contribution < -0.4 is 0 Å². The molecule has 0 atom stereocenters. The van der Waals surface area contributed by atoms with Crippen LogP contribution in [-0.2, 0) is 4.79 Å². The smallest absolute Gasteiger partial charge is 0.229 e. The molecule has 1 aliphatic heterocycles. The number of amides is 1. The Morgan fingerprint density at radius 2 is 2.07 bits per heavy atom. The molecule has 1 aliphatic rings. The molecule has 1 fully saturated rings. The van der Waals surface area contributed by atoms with Gasteiger partial charge in [-0.1, -0.05) is 0 Å². The predicted molar refractivity (Wildman–Crippen MR) is 59.5 cm³/mol. The lowest BCUT2D eigenvalue weighted by Gasteiger charge is -2.36. The zero-order valence-electron chi connectivity index (χ0n) is 9.56. The van der Waals surface area contributed by atoms with Crippen LogP contribution in [-0.4, -0.2) is 28.8 Å². The van der Waals surface area contributed by atoms with E-state index in [0.717, 1.165) is 19.4 Å². The normalized spacial score (nSPS) is 21.4. The van der Waals surface area contributed by atoms with Crippen LogP contribution in [0.5, 0.6) is 0 Å². The second kappa shape index (κ2) is 3.73.